The molecule has 19 heavy (non-hydrogen) atoms. The van der Waals surface area contributed by atoms with Gasteiger partial charge in [0.05, 0.1) is 0 Å². The zero-order valence-electron chi connectivity index (χ0n) is 10.4. The maximum absolute atomic E-state index is 13.6. The molecular formula is C15H11BrClFO. The first-order valence-electron chi connectivity index (χ1n) is 5.66. The monoisotopic (exact) mass is 340 g/mol. The maximum Gasteiger partial charge on any atom is 0.194 e. The smallest absolute Gasteiger partial charge is 0.194 e. The van der Waals surface area contributed by atoms with E-state index in [1.54, 1.807) is 44.2 Å². The summed E-state index contributed by atoms with van der Waals surface area (Å²) >= 11 is 9.23. The minimum Gasteiger partial charge on any atom is -0.289 e. The molecule has 98 valence electrons. The maximum atomic E-state index is 13.6. The molecule has 0 saturated carbocycles. The van der Waals surface area contributed by atoms with E-state index in [4.69, 9.17) is 11.6 Å². The number of carbonyl (C=O) groups excluding carboxylic acids is 1. The summed E-state index contributed by atoms with van der Waals surface area (Å²) in [6, 6.07) is 8.13. The third kappa shape index (κ3) is 2.88. The Morgan fingerprint density at radius 1 is 1.16 bits per heavy atom. The van der Waals surface area contributed by atoms with Crippen LogP contribution in [0.5, 0.6) is 0 Å². The van der Waals surface area contributed by atoms with Gasteiger partial charge in [-0.25, -0.2) is 4.39 Å². The highest BCUT2D eigenvalue weighted by molar-refractivity contribution is 9.10. The SMILES string of the molecule is Cc1cc(C(=O)c2cc(Cl)ccc2Br)cc(C)c1F. The van der Waals surface area contributed by atoms with E-state index < -0.39 is 0 Å². The molecule has 0 radical (unpaired) electrons. The van der Waals surface area contributed by atoms with Crippen LogP contribution in [-0.4, -0.2) is 5.78 Å². The molecule has 0 bridgehead atoms. The molecule has 0 unspecified atom stereocenters. The topological polar surface area (TPSA) is 17.1 Å². The van der Waals surface area contributed by atoms with Crippen molar-refractivity contribution in [3.05, 3.63) is 67.9 Å². The lowest BCUT2D eigenvalue weighted by Crippen LogP contribution is -2.04. The Balaban J connectivity index is 2.53. The standard InChI is InChI=1S/C15H11BrClFO/c1-8-5-10(6-9(2)14(8)18)15(19)12-7-11(17)3-4-13(12)16/h3-7H,1-2H3. The van der Waals surface area contributed by atoms with Crippen molar-refractivity contribution in [1.82, 2.24) is 0 Å². The van der Waals surface area contributed by atoms with E-state index in [1.807, 2.05) is 0 Å². The second-order valence-electron chi connectivity index (χ2n) is 4.38. The molecule has 2 rings (SSSR count). The van der Waals surface area contributed by atoms with Gasteiger partial charge in [0.1, 0.15) is 5.82 Å². The molecule has 0 saturated heterocycles. The zero-order valence-corrected chi connectivity index (χ0v) is 12.8. The van der Waals surface area contributed by atoms with Crippen molar-refractivity contribution in [3.8, 4) is 0 Å². The van der Waals surface area contributed by atoms with E-state index in [9.17, 15) is 9.18 Å². The molecule has 2 aromatic rings. The molecule has 4 heteroatoms. The highest BCUT2D eigenvalue weighted by Gasteiger charge is 2.15. The van der Waals surface area contributed by atoms with Crippen molar-refractivity contribution in [3.63, 3.8) is 0 Å². The molecule has 0 aliphatic carbocycles. The number of carbonyl (C=O) groups is 1. The lowest BCUT2D eigenvalue weighted by molar-refractivity contribution is 0.103. The second-order valence-corrected chi connectivity index (χ2v) is 5.67. The van der Waals surface area contributed by atoms with Gasteiger partial charge in [0.2, 0.25) is 0 Å². The van der Waals surface area contributed by atoms with Crippen LogP contribution in [0.3, 0.4) is 0 Å². The van der Waals surface area contributed by atoms with Crippen molar-refractivity contribution in [2.75, 3.05) is 0 Å². The van der Waals surface area contributed by atoms with E-state index >= 15 is 0 Å². The number of hydrogen-bond acceptors (Lipinski definition) is 1. The normalized spacial score (nSPS) is 10.6. The molecule has 0 N–H and O–H groups in total. The van der Waals surface area contributed by atoms with Gasteiger partial charge in [-0.15, -0.1) is 0 Å². The molecule has 2 aromatic carbocycles. The van der Waals surface area contributed by atoms with Crippen LogP contribution in [0.15, 0.2) is 34.8 Å². The summed E-state index contributed by atoms with van der Waals surface area (Å²) in [6.45, 7) is 3.29. The van der Waals surface area contributed by atoms with Crippen LogP contribution in [0, 0.1) is 19.7 Å². The minimum absolute atomic E-state index is 0.180. The molecule has 0 atom stereocenters. The zero-order chi connectivity index (χ0) is 14.2. The quantitative estimate of drug-likeness (QED) is 0.695. The summed E-state index contributed by atoms with van der Waals surface area (Å²) in [7, 11) is 0. The van der Waals surface area contributed by atoms with E-state index in [-0.39, 0.29) is 11.6 Å². The Morgan fingerprint density at radius 3 is 2.32 bits per heavy atom. The number of rotatable bonds is 2. The van der Waals surface area contributed by atoms with Crippen LogP contribution in [0.4, 0.5) is 4.39 Å². The number of hydrogen-bond donors (Lipinski definition) is 0. The van der Waals surface area contributed by atoms with Gasteiger partial charge < -0.3 is 0 Å². The van der Waals surface area contributed by atoms with Gasteiger partial charge in [-0.05, 0) is 55.3 Å². The summed E-state index contributed by atoms with van der Waals surface area (Å²) < 4.78 is 14.2. The van der Waals surface area contributed by atoms with Crippen LogP contribution in [0.1, 0.15) is 27.0 Å². The van der Waals surface area contributed by atoms with Gasteiger partial charge in [-0.3, -0.25) is 4.79 Å². The van der Waals surface area contributed by atoms with Gasteiger partial charge >= 0.3 is 0 Å². The van der Waals surface area contributed by atoms with Gasteiger partial charge in [-0.1, -0.05) is 27.5 Å². The van der Waals surface area contributed by atoms with E-state index in [1.165, 1.54) is 0 Å². The average molecular weight is 342 g/mol. The van der Waals surface area contributed by atoms with Crippen molar-refractivity contribution in [2.45, 2.75) is 13.8 Å². The van der Waals surface area contributed by atoms with Crippen LogP contribution in [0.2, 0.25) is 5.02 Å². The van der Waals surface area contributed by atoms with Gasteiger partial charge in [-0.2, -0.15) is 0 Å². The highest BCUT2D eigenvalue weighted by atomic mass is 79.9. The van der Waals surface area contributed by atoms with E-state index in [0.717, 1.165) is 0 Å². The molecule has 0 heterocycles. The van der Waals surface area contributed by atoms with Crippen LogP contribution in [0.25, 0.3) is 0 Å². The Labute approximate surface area is 124 Å². The molecule has 0 spiro atoms. The molecule has 0 fully saturated rings. The fourth-order valence-electron chi connectivity index (χ4n) is 1.90. The molecule has 0 aliphatic heterocycles. The predicted molar refractivity (Wildman–Crippen MR) is 78.5 cm³/mol. The van der Waals surface area contributed by atoms with Crippen molar-refractivity contribution >= 4 is 33.3 Å². The van der Waals surface area contributed by atoms with Gasteiger partial charge in [0, 0.05) is 20.6 Å². The summed E-state index contributed by atoms with van der Waals surface area (Å²) in [4.78, 5) is 12.4. The summed E-state index contributed by atoms with van der Waals surface area (Å²) in [6.07, 6.45) is 0. The average Bonchev–Trinajstić information content (AvgIpc) is 2.37. The van der Waals surface area contributed by atoms with Crippen LogP contribution in [-0.2, 0) is 0 Å². The lowest BCUT2D eigenvalue weighted by Gasteiger charge is -2.08. The number of benzene rings is 2. The summed E-state index contributed by atoms with van der Waals surface area (Å²) in [5.41, 5.74) is 1.85. The fraction of sp³-hybridized carbons (Fsp3) is 0.133. The molecule has 1 nitrogen and oxygen atoms in total. The first-order chi connectivity index (χ1) is 8.90. The predicted octanol–water partition coefficient (Wildman–Crippen LogP) is 5.09. The minimum atomic E-state index is -0.276. The third-order valence-electron chi connectivity index (χ3n) is 2.87. The first-order valence-corrected chi connectivity index (χ1v) is 6.83. The van der Waals surface area contributed by atoms with Crippen LogP contribution >= 0.6 is 27.5 Å². The third-order valence-corrected chi connectivity index (χ3v) is 3.80. The molecular weight excluding hydrogens is 331 g/mol. The second kappa shape index (κ2) is 5.43. The van der Waals surface area contributed by atoms with E-state index in [2.05, 4.69) is 15.9 Å². The van der Waals surface area contributed by atoms with Crippen molar-refractivity contribution < 1.29 is 9.18 Å². The number of halogens is 3. The Hall–Kier alpha value is -1.19. The van der Waals surface area contributed by atoms with E-state index in [0.29, 0.717) is 31.7 Å². The Bertz CT molecular complexity index is 644. The molecule has 0 amide bonds. The van der Waals surface area contributed by atoms with Gasteiger partial charge in [0.15, 0.2) is 5.78 Å². The van der Waals surface area contributed by atoms with Crippen molar-refractivity contribution in [1.29, 1.82) is 0 Å². The molecule has 0 aromatic heterocycles. The fourth-order valence-corrected chi connectivity index (χ4v) is 2.50. The van der Waals surface area contributed by atoms with Gasteiger partial charge in [0.25, 0.3) is 0 Å². The van der Waals surface area contributed by atoms with Crippen molar-refractivity contribution in [2.24, 2.45) is 0 Å². The summed E-state index contributed by atoms with van der Waals surface area (Å²) in [5, 5.41) is 0.488. The lowest BCUT2D eigenvalue weighted by atomic mass is 9.99. The molecule has 0 aliphatic rings. The Kier molecular flexibility index (Phi) is 4.07. The first kappa shape index (κ1) is 14.2. The Morgan fingerprint density at radius 2 is 1.74 bits per heavy atom. The number of ketones is 1. The summed E-state index contributed by atoms with van der Waals surface area (Å²) in [5.74, 6) is -0.456. The number of aryl methyl sites for hydroxylation is 2. The highest BCUT2D eigenvalue weighted by Crippen LogP contribution is 2.25. The largest absolute Gasteiger partial charge is 0.289 e. The van der Waals surface area contributed by atoms with Crippen LogP contribution < -0.4 is 0 Å².